The maximum absolute atomic E-state index is 15.2. The lowest BCUT2D eigenvalue weighted by Crippen LogP contribution is -2.55. The number of hydrogen-bond donors (Lipinski definition) is 1. The number of carbonyl (C=O) groups excluding carboxylic acids is 1. The average molecular weight is 442 g/mol. The van der Waals surface area contributed by atoms with E-state index in [1.54, 1.807) is 24.5 Å². The molecule has 2 aliphatic heterocycles. The summed E-state index contributed by atoms with van der Waals surface area (Å²) in [6, 6.07) is 5.31. The Morgan fingerprint density at radius 3 is 2.74 bits per heavy atom. The van der Waals surface area contributed by atoms with Gasteiger partial charge in [0.05, 0.1) is 17.8 Å². The number of aromatic nitrogens is 2. The molecule has 3 atom stereocenters. The van der Waals surface area contributed by atoms with Crippen molar-refractivity contribution in [3.8, 4) is 6.07 Å². The zero-order valence-electron chi connectivity index (χ0n) is 17.7. The number of likely N-dealkylation sites (tertiary alicyclic amines) is 1. The van der Waals surface area contributed by atoms with E-state index in [9.17, 15) is 10.1 Å². The number of hydrogen-bond acceptors (Lipinski definition) is 6. The lowest BCUT2D eigenvalue weighted by Gasteiger charge is -2.41. The summed E-state index contributed by atoms with van der Waals surface area (Å²) in [7, 11) is 4.40. The fraction of sp³-hybridized carbons (Fsp3) is 0.545. The Hall–Kier alpha value is -2.36. The van der Waals surface area contributed by atoms with Gasteiger partial charge < -0.3 is 15.1 Å². The highest BCUT2D eigenvalue weighted by molar-refractivity contribution is 7.18. The quantitative estimate of drug-likeness (QED) is 0.733. The molecule has 0 spiro atoms. The Bertz CT molecular complexity index is 1000. The van der Waals surface area contributed by atoms with E-state index >= 15 is 4.39 Å². The number of halogens is 1. The highest BCUT2D eigenvalue weighted by Crippen LogP contribution is 2.36. The van der Waals surface area contributed by atoms with Crippen LogP contribution >= 0.6 is 9.24 Å². The maximum atomic E-state index is 15.2. The first kappa shape index (κ1) is 21.9. The number of benzene rings is 1. The second-order valence-corrected chi connectivity index (χ2v) is 9.87. The molecule has 0 aliphatic carbocycles. The Morgan fingerprint density at radius 1 is 1.32 bits per heavy atom. The number of alkyl halides is 1. The molecule has 3 heterocycles. The molecular weight excluding hydrogens is 414 g/mol. The molecule has 3 unspecified atom stereocenters. The summed E-state index contributed by atoms with van der Waals surface area (Å²) in [5, 5.41) is 10.9. The van der Waals surface area contributed by atoms with Gasteiger partial charge in [0.2, 0.25) is 5.91 Å². The van der Waals surface area contributed by atoms with Crippen molar-refractivity contribution >= 4 is 31.9 Å². The molecule has 2 fully saturated rings. The number of nitrogens with one attached hydrogen (secondary N) is 1. The summed E-state index contributed by atoms with van der Waals surface area (Å²) in [6.45, 7) is 2.68. The highest BCUT2D eigenvalue weighted by Gasteiger charge is 2.38. The highest BCUT2D eigenvalue weighted by atomic mass is 31.0. The van der Waals surface area contributed by atoms with Crippen LogP contribution in [0.1, 0.15) is 31.2 Å². The van der Waals surface area contributed by atoms with Gasteiger partial charge in [-0.05, 0) is 51.0 Å². The number of nitrogens with zero attached hydrogens (tertiary/aromatic N) is 5. The number of anilines is 1. The predicted octanol–water partition coefficient (Wildman–Crippen LogP) is 2.47. The van der Waals surface area contributed by atoms with Crippen molar-refractivity contribution < 1.29 is 9.18 Å². The molecule has 1 N–H and O–H groups in total. The summed E-state index contributed by atoms with van der Waals surface area (Å²) in [5.74, 6) is 0.381. The Kier molecular flexibility index (Phi) is 6.36. The minimum absolute atomic E-state index is 0.00770. The maximum Gasteiger partial charge on any atom is 0.220 e. The minimum atomic E-state index is -1.54. The van der Waals surface area contributed by atoms with E-state index in [0.717, 1.165) is 31.6 Å². The second kappa shape index (κ2) is 9.02. The number of rotatable bonds is 4. The first-order valence-electron chi connectivity index (χ1n) is 10.7. The lowest BCUT2D eigenvalue weighted by molar-refractivity contribution is -0.123. The van der Waals surface area contributed by atoms with Crippen LogP contribution in [-0.4, -0.2) is 65.5 Å². The van der Waals surface area contributed by atoms with Gasteiger partial charge in [-0.3, -0.25) is 14.8 Å². The summed E-state index contributed by atoms with van der Waals surface area (Å²) in [5.41, 5.74) is 2.23. The van der Waals surface area contributed by atoms with Crippen LogP contribution in [0.2, 0.25) is 0 Å². The van der Waals surface area contributed by atoms with Crippen LogP contribution in [0.25, 0.3) is 11.0 Å². The minimum Gasteiger partial charge on any atom is -0.364 e. The Morgan fingerprint density at radius 2 is 2.03 bits per heavy atom. The molecule has 2 saturated heterocycles. The van der Waals surface area contributed by atoms with Gasteiger partial charge in [-0.25, -0.2) is 4.39 Å². The molecule has 31 heavy (non-hydrogen) atoms. The number of nitriles is 1. The molecule has 2 aliphatic rings. The number of piperidine rings is 2. The van der Waals surface area contributed by atoms with E-state index < -0.39 is 5.41 Å². The Labute approximate surface area is 184 Å². The molecule has 0 saturated carbocycles. The summed E-state index contributed by atoms with van der Waals surface area (Å²) >= 11 is 0. The molecular formula is C22H28FN6OP. The van der Waals surface area contributed by atoms with Crippen molar-refractivity contribution in [3.05, 3.63) is 30.1 Å². The zero-order valence-corrected chi connectivity index (χ0v) is 18.9. The van der Waals surface area contributed by atoms with Crippen molar-refractivity contribution in [3.63, 3.8) is 0 Å². The van der Waals surface area contributed by atoms with E-state index in [4.69, 9.17) is 0 Å². The predicted molar refractivity (Wildman–Crippen MR) is 121 cm³/mol. The monoisotopic (exact) mass is 442 g/mol. The zero-order chi connectivity index (χ0) is 22.0. The summed E-state index contributed by atoms with van der Waals surface area (Å²) in [6.07, 6.45) is 5.89. The van der Waals surface area contributed by atoms with Crippen LogP contribution < -0.4 is 10.2 Å². The van der Waals surface area contributed by atoms with E-state index in [2.05, 4.69) is 42.5 Å². The third kappa shape index (κ3) is 5.11. The van der Waals surface area contributed by atoms with Crippen LogP contribution in [-0.2, 0) is 4.79 Å². The fourth-order valence-corrected chi connectivity index (χ4v) is 5.17. The Balaban J connectivity index is 1.50. The fourth-order valence-electron chi connectivity index (χ4n) is 4.67. The van der Waals surface area contributed by atoms with Gasteiger partial charge in [0.1, 0.15) is 22.5 Å². The average Bonchev–Trinajstić information content (AvgIpc) is 2.73. The SMILES string of the molecule is CN1CCC(CC(=O)NC2CN(c3ccc(C#N)c4nccnc34)CC(F)(P)C2)CC1. The molecule has 7 nitrogen and oxygen atoms in total. The van der Waals surface area contributed by atoms with Crippen LogP contribution in [0.5, 0.6) is 0 Å². The van der Waals surface area contributed by atoms with Gasteiger partial charge >= 0.3 is 0 Å². The molecule has 1 aromatic heterocycles. The van der Waals surface area contributed by atoms with E-state index in [-0.39, 0.29) is 24.9 Å². The number of fused-ring (bicyclic) bond motifs is 1. The molecule has 0 radical (unpaired) electrons. The molecule has 2 aromatic rings. The van der Waals surface area contributed by atoms with Crippen molar-refractivity contribution in [2.75, 3.05) is 38.1 Å². The lowest BCUT2D eigenvalue weighted by atomic mass is 9.93. The van der Waals surface area contributed by atoms with Crippen molar-refractivity contribution in [2.24, 2.45) is 5.92 Å². The second-order valence-electron chi connectivity index (χ2n) is 8.83. The topological polar surface area (TPSA) is 85.2 Å². The summed E-state index contributed by atoms with van der Waals surface area (Å²) < 4.78 is 15.2. The van der Waals surface area contributed by atoms with Crippen LogP contribution in [0.15, 0.2) is 24.5 Å². The van der Waals surface area contributed by atoms with Crippen LogP contribution in [0, 0.1) is 17.2 Å². The van der Waals surface area contributed by atoms with E-state index in [0.29, 0.717) is 35.5 Å². The summed E-state index contributed by atoms with van der Waals surface area (Å²) in [4.78, 5) is 25.6. The van der Waals surface area contributed by atoms with Crippen molar-refractivity contribution in [1.29, 1.82) is 5.26 Å². The van der Waals surface area contributed by atoms with Gasteiger partial charge in [0.15, 0.2) is 0 Å². The van der Waals surface area contributed by atoms with Crippen molar-refractivity contribution in [1.82, 2.24) is 20.2 Å². The standard InChI is InChI=1S/C22H28FN6OP/c1-28-8-4-15(5-9-28)10-19(30)27-17-11-22(23,31)14-29(13-17)18-3-2-16(12-24)20-21(18)26-7-6-25-20/h2-3,6-7,15,17H,4-5,8-11,13-14,31H2,1H3,(H,27,30). The van der Waals surface area contributed by atoms with Gasteiger partial charge in [0.25, 0.3) is 0 Å². The van der Waals surface area contributed by atoms with Gasteiger partial charge in [0, 0.05) is 37.8 Å². The molecule has 4 rings (SSSR count). The van der Waals surface area contributed by atoms with Gasteiger partial charge in [-0.2, -0.15) is 5.26 Å². The largest absolute Gasteiger partial charge is 0.364 e. The normalized spacial score (nSPS) is 25.4. The van der Waals surface area contributed by atoms with E-state index in [1.807, 2.05) is 4.90 Å². The van der Waals surface area contributed by atoms with Gasteiger partial charge in [-0.15, -0.1) is 0 Å². The van der Waals surface area contributed by atoms with Crippen LogP contribution in [0.4, 0.5) is 10.1 Å². The van der Waals surface area contributed by atoms with Crippen molar-refractivity contribution in [2.45, 2.75) is 37.1 Å². The molecule has 1 amide bonds. The smallest absolute Gasteiger partial charge is 0.220 e. The molecule has 0 bridgehead atoms. The molecule has 1 aromatic carbocycles. The van der Waals surface area contributed by atoms with E-state index in [1.165, 1.54) is 0 Å². The number of amides is 1. The third-order valence-corrected chi connectivity index (χ3v) is 6.64. The molecule has 9 heteroatoms. The van der Waals surface area contributed by atoms with Crippen LogP contribution in [0.3, 0.4) is 0 Å². The number of carbonyl (C=O) groups is 1. The van der Waals surface area contributed by atoms with Gasteiger partial charge in [-0.1, -0.05) is 9.24 Å². The third-order valence-electron chi connectivity index (χ3n) is 6.22. The molecule has 164 valence electrons. The first-order valence-corrected chi connectivity index (χ1v) is 11.3. The first-order chi connectivity index (χ1) is 14.8.